The molecule has 1 saturated carbocycles. The lowest BCUT2D eigenvalue weighted by atomic mass is 10.2. The molecule has 2 aromatic rings. The summed E-state index contributed by atoms with van der Waals surface area (Å²) in [6.07, 6.45) is 5.77. The van der Waals surface area contributed by atoms with Gasteiger partial charge in [0.2, 0.25) is 0 Å². The number of fused-ring (bicyclic) bond motifs is 1. The first-order valence-electron chi connectivity index (χ1n) is 9.31. The van der Waals surface area contributed by atoms with Crippen molar-refractivity contribution in [3.05, 3.63) is 47.3 Å². The standard InChI is InChI=1S/C20H26N4O/c1-14(15-11-12-15)23(2)20(25)21-13-18-17-9-6-10-19(17)24(22-18)16-7-4-3-5-8-16/h3-5,7-8,14-15H,6,9-13H2,1-2H3,(H,21,25)/t14-/m1/s1. The number of benzene rings is 1. The van der Waals surface area contributed by atoms with E-state index < -0.39 is 0 Å². The molecule has 2 aliphatic rings. The smallest absolute Gasteiger partial charge is 0.317 e. The Labute approximate surface area is 149 Å². The van der Waals surface area contributed by atoms with Crippen molar-refractivity contribution in [2.75, 3.05) is 7.05 Å². The van der Waals surface area contributed by atoms with Crippen molar-refractivity contribution in [1.29, 1.82) is 0 Å². The van der Waals surface area contributed by atoms with Crippen molar-refractivity contribution in [2.45, 2.75) is 51.6 Å². The quantitative estimate of drug-likeness (QED) is 0.909. The second-order valence-electron chi connectivity index (χ2n) is 7.32. The summed E-state index contributed by atoms with van der Waals surface area (Å²) < 4.78 is 2.06. The molecule has 2 aliphatic carbocycles. The molecule has 0 saturated heterocycles. The monoisotopic (exact) mass is 338 g/mol. The van der Waals surface area contributed by atoms with Crippen molar-refractivity contribution < 1.29 is 4.79 Å². The number of nitrogens with zero attached hydrogens (tertiary/aromatic N) is 3. The molecule has 5 nitrogen and oxygen atoms in total. The molecule has 2 amide bonds. The van der Waals surface area contributed by atoms with E-state index >= 15 is 0 Å². The number of hydrogen-bond donors (Lipinski definition) is 1. The number of aromatic nitrogens is 2. The second kappa shape index (κ2) is 6.54. The van der Waals surface area contributed by atoms with Crippen LogP contribution in [-0.4, -0.2) is 33.8 Å². The minimum atomic E-state index is 0.000378. The number of rotatable bonds is 5. The normalized spacial score (nSPS) is 17.2. The highest BCUT2D eigenvalue weighted by Gasteiger charge is 2.32. The van der Waals surface area contributed by atoms with Crippen molar-refractivity contribution in [3.8, 4) is 5.69 Å². The fraction of sp³-hybridized carbons (Fsp3) is 0.500. The highest BCUT2D eigenvalue weighted by atomic mass is 16.2. The Balaban J connectivity index is 1.49. The number of para-hydroxylation sites is 1. The molecule has 132 valence electrons. The van der Waals surface area contributed by atoms with Crippen LogP contribution in [0.3, 0.4) is 0 Å². The molecule has 1 atom stereocenters. The lowest BCUT2D eigenvalue weighted by Gasteiger charge is -2.25. The van der Waals surface area contributed by atoms with E-state index in [1.807, 2.05) is 30.1 Å². The fourth-order valence-electron chi connectivity index (χ4n) is 3.80. The molecule has 1 N–H and O–H groups in total. The maximum Gasteiger partial charge on any atom is 0.317 e. The molecule has 4 rings (SSSR count). The number of nitrogens with one attached hydrogen (secondary N) is 1. The van der Waals surface area contributed by atoms with Gasteiger partial charge in [-0.3, -0.25) is 0 Å². The number of hydrogen-bond acceptors (Lipinski definition) is 2. The van der Waals surface area contributed by atoms with Crippen molar-refractivity contribution >= 4 is 6.03 Å². The molecule has 0 radical (unpaired) electrons. The zero-order chi connectivity index (χ0) is 17.4. The first kappa shape index (κ1) is 16.2. The van der Waals surface area contributed by atoms with Crippen molar-refractivity contribution in [3.63, 3.8) is 0 Å². The van der Waals surface area contributed by atoms with E-state index in [1.165, 1.54) is 30.5 Å². The zero-order valence-electron chi connectivity index (χ0n) is 15.0. The predicted octanol–water partition coefficient (Wildman–Crippen LogP) is 3.30. The third-order valence-electron chi connectivity index (χ3n) is 5.66. The Bertz CT molecular complexity index is 764. The highest BCUT2D eigenvalue weighted by Crippen LogP contribution is 2.34. The Morgan fingerprint density at radius 1 is 1.32 bits per heavy atom. The summed E-state index contributed by atoms with van der Waals surface area (Å²) in [6, 6.07) is 10.6. The summed E-state index contributed by atoms with van der Waals surface area (Å²) in [4.78, 5) is 14.3. The van der Waals surface area contributed by atoms with Crippen LogP contribution in [-0.2, 0) is 19.4 Å². The first-order valence-corrected chi connectivity index (χ1v) is 9.31. The summed E-state index contributed by atoms with van der Waals surface area (Å²) in [6.45, 7) is 2.64. The van der Waals surface area contributed by atoms with Crippen molar-refractivity contribution in [1.82, 2.24) is 20.0 Å². The van der Waals surface area contributed by atoms with E-state index in [4.69, 9.17) is 5.10 Å². The van der Waals surface area contributed by atoms with Gasteiger partial charge >= 0.3 is 6.03 Å². The topological polar surface area (TPSA) is 50.2 Å². The van der Waals surface area contributed by atoms with Crippen LogP contribution >= 0.6 is 0 Å². The van der Waals surface area contributed by atoms with Crippen LogP contribution < -0.4 is 5.32 Å². The molecular weight excluding hydrogens is 312 g/mol. The van der Waals surface area contributed by atoms with Gasteiger partial charge in [0.15, 0.2) is 0 Å². The summed E-state index contributed by atoms with van der Waals surface area (Å²) >= 11 is 0. The number of carbonyl (C=O) groups is 1. The number of amides is 2. The Morgan fingerprint density at radius 2 is 2.08 bits per heavy atom. The van der Waals surface area contributed by atoms with Crippen LogP contribution in [0.15, 0.2) is 30.3 Å². The van der Waals surface area contributed by atoms with Gasteiger partial charge in [0.25, 0.3) is 0 Å². The summed E-state index contributed by atoms with van der Waals surface area (Å²) in [5.41, 5.74) is 4.73. The average Bonchev–Trinajstić information content (AvgIpc) is 3.28. The minimum absolute atomic E-state index is 0.000378. The van der Waals surface area contributed by atoms with E-state index in [2.05, 4.69) is 29.1 Å². The van der Waals surface area contributed by atoms with Gasteiger partial charge < -0.3 is 10.2 Å². The molecule has 25 heavy (non-hydrogen) atoms. The Morgan fingerprint density at radius 3 is 2.80 bits per heavy atom. The van der Waals surface area contributed by atoms with Crippen LogP contribution in [0.5, 0.6) is 0 Å². The van der Waals surface area contributed by atoms with Crippen LogP contribution in [0.4, 0.5) is 4.79 Å². The molecule has 0 bridgehead atoms. The van der Waals surface area contributed by atoms with E-state index in [9.17, 15) is 4.79 Å². The number of urea groups is 1. The molecule has 1 heterocycles. The van der Waals surface area contributed by atoms with E-state index in [0.29, 0.717) is 18.5 Å². The summed E-state index contributed by atoms with van der Waals surface area (Å²) in [7, 11) is 1.89. The first-order chi connectivity index (χ1) is 12.1. The third kappa shape index (κ3) is 3.15. The van der Waals surface area contributed by atoms with Crippen LogP contribution in [0, 0.1) is 5.92 Å². The highest BCUT2D eigenvalue weighted by molar-refractivity contribution is 5.74. The number of carbonyl (C=O) groups excluding carboxylic acids is 1. The fourth-order valence-corrected chi connectivity index (χ4v) is 3.80. The molecule has 0 unspecified atom stereocenters. The second-order valence-corrected chi connectivity index (χ2v) is 7.32. The SMILES string of the molecule is C[C@H](C1CC1)N(C)C(=O)NCc1nn(-c2ccccc2)c2c1CCC2. The van der Waals surface area contributed by atoms with E-state index in [0.717, 1.165) is 24.2 Å². The largest absolute Gasteiger partial charge is 0.332 e. The molecule has 1 fully saturated rings. The molecule has 1 aromatic heterocycles. The van der Waals surface area contributed by atoms with Crippen LogP contribution in [0.1, 0.15) is 43.1 Å². The maximum absolute atomic E-state index is 12.4. The molecule has 0 spiro atoms. The lowest BCUT2D eigenvalue weighted by Crippen LogP contribution is -2.43. The predicted molar refractivity (Wildman–Crippen MR) is 97.8 cm³/mol. The van der Waals surface area contributed by atoms with Gasteiger partial charge in [-0.05, 0) is 62.6 Å². The summed E-state index contributed by atoms with van der Waals surface area (Å²) in [5, 5.41) is 7.88. The van der Waals surface area contributed by atoms with Gasteiger partial charge in [-0.15, -0.1) is 0 Å². The van der Waals surface area contributed by atoms with E-state index in [-0.39, 0.29) is 6.03 Å². The molecule has 0 aliphatic heterocycles. The maximum atomic E-state index is 12.4. The summed E-state index contributed by atoms with van der Waals surface area (Å²) in [5.74, 6) is 0.678. The van der Waals surface area contributed by atoms with Gasteiger partial charge in [-0.25, -0.2) is 9.48 Å². The molecule has 1 aromatic carbocycles. The van der Waals surface area contributed by atoms with Gasteiger partial charge in [0.1, 0.15) is 0 Å². The van der Waals surface area contributed by atoms with Crippen molar-refractivity contribution in [2.24, 2.45) is 5.92 Å². The van der Waals surface area contributed by atoms with Gasteiger partial charge in [0, 0.05) is 18.8 Å². The molecular formula is C20H26N4O. The average molecular weight is 338 g/mol. The van der Waals surface area contributed by atoms with Crippen LogP contribution in [0.2, 0.25) is 0 Å². The van der Waals surface area contributed by atoms with Gasteiger partial charge in [-0.1, -0.05) is 18.2 Å². The third-order valence-corrected chi connectivity index (χ3v) is 5.66. The Hall–Kier alpha value is -2.30. The van der Waals surface area contributed by atoms with Gasteiger partial charge in [-0.2, -0.15) is 5.10 Å². The minimum Gasteiger partial charge on any atom is -0.332 e. The van der Waals surface area contributed by atoms with Crippen LogP contribution in [0.25, 0.3) is 5.69 Å². The zero-order valence-corrected chi connectivity index (χ0v) is 15.0. The lowest BCUT2D eigenvalue weighted by molar-refractivity contribution is 0.187. The van der Waals surface area contributed by atoms with Gasteiger partial charge in [0.05, 0.1) is 17.9 Å². The van der Waals surface area contributed by atoms with E-state index in [1.54, 1.807) is 0 Å². The Kier molecular flexibility index (Phi) is 4.24. The molecule has 5 heteroatoms.